The first-order valence-corrected chi connectivity index (χ1v) is 7.35. The Kier molecular flexibility index (Phi) is 6.17. The number of rotatable bonds is 2. The highest BCUT2D eigenvalue weighted by Crippen LogP contribution is 2.22. The van der Waals surface area contributed by atoms with Crippen LogP contribution in [0, 0.1) is 0 Å². The fraction of sp³-hybridized carbons (Fsp3) is 0.111. The van der Waals surface area contributed by atoms with Gasteiger partial charge in [0.15, 0.2) is 8.64 Å². The van der Waals surface area contributed by atoms with Crippen molar-refractivity contribution in [2.45, 2.75) is 4.90 Å². The molecular weight excluding hydrogens is 292 g/mol. The molecule has 5 N–H and O–H groups in total. The fourth-order valence-electron chi connectivity index (χ4n) is 1.02. The number of benzene rings is 1. The maximum Gasteiger partial charge on any atom is 0.162 e. The molecule has 0 spiro atoms. The van der Waals surface area contributed by atoms with Gasteiger partial charge >= 0.3 is 0 Å². The van der Waals surface area contributed by atoms with E-state index in [1.165, 1.54) is 5.01 Å². The molecule has 0 saturated heterocycles. The number of nitrogens with zero attached hydrogens (tertiary/aromatic N) is 1. The van der Waals surface area contributed by atoms with Gasteiger partial charge in [0.25, 0.3) is 0 Å². The summed E-state index contributed by atoms with van der Waals surface area (Å²) in [6.45, 7) is 0. The molecule has 0 atom stereocenters. The monoisotopic (exact) mass is 304 g/mol. The average molecular weight is 304 g/mol. The first kappa shape index (κ1) is 14.7. The van der Waals surface area contributed by atoms with Crippen molar-refractivity contribution in [3.05, 3.63) is 24.3 Å². The second-order valence-electron chi connectivity index (χ2n) is 2.87. The van der Waals surface area contributed by atoms with Gasteiger partial charge in [0.05, 0.1) is 5.69 Å². The number of anilines is 1. The molecule has 0 bridgehead atoms. The minimum absolute atomic E-state index is 0.381. The zero-order chi connectivity index (χ0) is 12.8. The largest absolute Gasteiger partial charge is 0.309 e. The highest BCUT2D eigenvalue weighted by molar-refractivity contribution is 8.38. The van der Waals surface area contributed by atoms with Gasteiger partial charge in [-0.25, -0.2) is 11.7 Å². The highest BCUT2D eigenvalue weighted by Gasteiger charge is 2.11. The van der Waals surface area contributed by atoms with Crippen molar-refractivity contribution in [2.24, 2.45) is 11.7 Å². The number of nitrogens with one attached hydrogen (secondary N) is 1. The van der Waals surface area contributed by atoms with Gasteiger partial charge < -0.3 is 5.43 Å². The number of hydrogen-bond acceptors (Lipinski definition) is 6. The van der Waals surface area contributed by atoms with Gasteiger partial charge in [-0.05, 0) is 36.2 Å². The lowest BCUT2D eigenvalue weighted by atomic mass is 10.3. The molecular formula is C9H12N4S4. The first-order chi connectivity index (χ1) is 8.08. The number of nitrogens with two attached hydrogens (primary N) is 2. The molecule has 0 aromatic heterocycles. The average Bonchev–Trinajstić information content (AvgIpc) is 2.37. The Labute approximate surface area is 119 Å². The Balaban J connectivity index is 2.77. The van der Waals surface area contributed by atoms with Crippen molar-refractivity contribution in [2.75, 3.05) is 11.3 Å². The molecule has 4 nitrogen and oxygen atoms in total. The van der Waals surface area contributed by atoms with E-state index in [1.54, 1.807) is 11.8 Å². The maximum atomic E-state index is 5.90. The molecule has 0 aliphatic heterocycles. The number of thioether (sulfide) groups is 2. The summed E-state index contributed by atoms with van der Waals surface area (Å²) < 4.78 is 0.817. The van der Waals surface area contributed by atoms with E-state index in [4.69, 9.17) is 36.1 Å². The topological polar surface area (TPSA) is 67.3 Å². The van der Waals surface area contributed by atoms with Crippen molar-refractivity contribution in [3.63, 3.8) is 0 Å². The normalized spacial score (nSPS) is 9.82. The van der Waals surface area contributed by atoms with E-state index in [-0.39, 0.29) is 0 Å². The van der Waals surface area contributed by atoms with Crippen LogP contribution in [0.15, 0.2) is 29.2 Å². The van der Waals surface area contributed by atoms with E-state index in [2.05, 4.69) is 5.43 Å². The predicted molar refractivity (Wildman–Crippen MR) is 85.0 cm³/mol. The predicted octanol–water partition coefficient (Wildman–Crippen LogP) is 1.85. The van der Waals surface area contributed by atoms with E-state index in [9.17, 15) is 0 Å². The van der Waals surface area contributed by atoms with E-state index in [0.717, 1.165) is 22.3 Å². The molecule has 0 aliphatic rings. The highest BCUT2D eigenvalue weighted by atomic mass is 32.2. The van der Waals surface area contributed by atoms with E-state index < -0.39 is 0 Å². The van der Waals surface area contributed by atoms with Crippen molar-refractivity contribution < 1.29 is 0 Å². The van der Waals surface area contributed by atoms with E-state index in [1.807, 2.05) is 30.5 Å². The molecule has 0 unspecified atom stereocenters. The lowest BCUT2D eigenvalue weighted by Gasteiger charge is -2.19. The second kappa shape index (κ2) is 7.14. The van der Waals surface area contributed by atoms with Gasteiger partial charge in [0, 0.05) is 4.90 Å². The molecule has 17 heavy (non-hydrogen) atoms. The molecule has 8 heteroatoms. The van der Waals surface area contributed by atoms with Crippen LogP contribution >= 0.6 is 48.0 Å². The van der Waals surface area contributed by atoms with Crippen molar-refractivity contribution in [1.82, 2.24) is 5.43 Å². The summed E-state index contributed by atoms with van der Waals surface area (Å²) in [6, 6.07) is 7.76. The van der Waals surface area contributed by atoms with Crippen LogP contribution in [0.2, 0.25) is 0 Å². The summed E-state index contributed by atoms with van der Waals surface area (Å²) in [5, 5.41) is 1.41. The van der Waals surface area contributed by atoms with Crippen molar-refractivity contribution in [3.8, 4) is 0 Å². The summed E-state index contributed by atoms with van der Waals surface area (Å²) in [5.41, 5.74) is 3.16. The van der Waals surface area contributed by atoms with Gasteiger partial charge in [0.1, 0.15) is 0 Å². The molecule has 0 aliphatic carbocycles. The van der Waals surface area contributed by atoms with Crippen LogP contribution in [0.5, 0.6) is 0 Å². The van der Waals surface area contributed by atoms with Crippen LogP contribution < -0.4 is 22.1 Å². The Morgan fingerprint density at radius 1 is 1.41 bits per heavy atom. The third-order valence-electron chi connectivity index (χ3n) is 1.83. The molecule has 1 aromatic carbocycles. The number of thiocarbonyl (C=S) groups is 2. The summed E-state index contributed by atoms with van der Waals surface area (Å²) in [5.74, 6) is 11.1. The quantitative estimate of drug-likeness (QED) is 0.331. The zero-order valence-electron chi connectivity index (χ0n) is 9.04. The van der Waals surface area contributed by atoms with Gasteiger partial charge in [-0.15, -0.1) is 11.8 Å². The van der Waals surface area contributed by atoms with Gasteiger partial charge in [-0.1, -0.05) is 30.5 Å². The van der Waals surface area contributed by atoms with Crippen LogP contribution in [-0.4, -0.2) is 14.9 Å². The van der Waals surface area contributed by atoms with Crippen molar-refractivity contribution >= 4 is 62.3 Å². The second-order valence-corrected chi connectivity index (χ2v) is 6.06. The van der Waals surface area contributed by atoms with Crippen LogP contribution in [0.4, 0.5) is 5.69 Å². The van der Waals surface area contributed by atoms with Gasteiger partial charge in [0.2, 0.25) is 0 Å². The third-order valence-corrected chi connectivity index (χ3v) is 4.04. The molecule has 92 valence electrons. The Hall–Kier alpha value is -0.380. The van der Waals surface area contributed by atoms with Crippen LogP contribution in [0.1, 0.15) is 0 Å². The Bertz CT molecular complexity index is 423. The minimum atomic E-state index is 0.381. The van der Waals surface area contributed by atoms with E-state index in [0.29, 0.717) is 8.64 Å². The van der Waals surface area contributed by atoms with Gasteiger partial charge in [-0.2, -0.15) is 0 Å². The molecule has 1 rings (SSSR count). The summed E-state index contributed by atoms with van der Waals surface area (Å²) in [6.07, 6.45) is 2.00. The van der Waals surface area contributed by atoms with Crippen LogP contribution in [0.3, 0.4) is 0 Å². The lowest BCUT2D eigenvalue weighted by molar-refractivity contribution is 1.07. The van der Waals surface area contributed by atoms with Crippen LogP contribution in [-0.2, 0) is 0 Å². The smallest absolute Gasteiger partial charge is 0.162 e. The minimum Gasteiger partial charge on any atom is -0.309 e. The fourth-order valence-corrected chi connectivity index (χ4v) is 2.65. The van der Waals surface area contributed by atoms with Crippen molar-refractivity contribution in [1.29, 1.82) is 0 Å². The maximum absolute atomic E-state index is 5.90. The SMILES string of the molecule is CSc1cccc(N(N)C(=S)SC(=S)NN)c1. The summed E-state index contributed by atoms with van der Waals surface area (Å²) in [4.78, 5) is 1.12. The molecule has 0 fully saturated rings. The van der Waals surface area contributed by atoms with Gasteiger partial charge in [-0.3, -0.25) is 5.01 Å². The first-order valence-electron chi connectivity index (χ1n) is 4.49. The van der Waals surface area contributed by atoms with E-state index >= 15 is 0 Å². The molecule has 0 amide bonds. The molecule has 0 saturated carbocycles. The standard InChI is InChI=1S/C9H12N4S4/c1-16-7-4-2-3-6(5-7)13(11)9(15)17-8(14)12-10/h2-5H,10-11H2,1H3,(H,12,14). The zero-order valence-corrected chi connectivity index (χ0v) is 12.3. The Morgan fingerprint density at radius 2 is 2.12 bits per heavy atom. The third kappa shape index (κ3) is 4.41. The molecule has 0 heterocycles. The number of hydrazine groups is 2. The molecule has 0 radical (unpaired) electrons. The number of hydrogen-bond donors (Lipinski definition) is 3. The van der Waals surface area contributed by atoms with Crippen LogP contribution in [0.25, 0.3) is 0 Å². The lowest BCUT2D eigenvalue weighted by Crippen LogP contribution is -2.37. The summed E-state index contributed by atoms with van der Waals surface area (Å²) in [7, 11) is 0. The molecule has 1 aromatic rings. The summed E-state index contributed by atoms with van der Waals surface area (Å²) >= 11 is 12.8. The Morgan fingerprint density at radius 3 is 2.71 bits per heavy atom.